The van der Waals surface area contributed by atoms with Gasteiger partial charge in [-0.3, -0.25) is 19.4 Å². The van der Waals surface area contributed by atoms with Crippen LogP contribution in [-0.4, -0.2) is 60.4 Å². The third-order valence-electron chi connectivity index (χ3n) is 5.44. The van der Waals surface area contributed by atoms with Crippen LogP contribution in [-0.2, 0) is 16.1 Å². The molecular formula is C23H30N4O2. The number of nitrogens with zero attached hydrogens (tertiary/aromatic N) is 2. The lowest BCUT2D eigenvalue weighted by atomic mass is 10.1. The van der Waals surface area contributed by atoms with Crippen molar-refractivity contribution in [1.29, 1.82) is 0 Å². The maximum absolute atomic E-state index is 12.6. The maximum atomic E-state index is 12.6. The first-order chi connectivity index (χ1) is 14.0. The molecule has 2 amide bonds. The van der Waals surface area contributed by atoms with Crippen LogP contribution in [0.2, 0.25) is 0 Å². The Morgan fingerprint density at radius 1 is 0.966 bits per heavy atom. The van der Waals surface area contributed by atoms with Gasteiger partial charge in [0.1, 0.15) is 0 Å². The summed E-state index contributed by atoms with van der Waals surface area (Å²) in [5.74, 6) is 0.0426. The van der Waals surface area contributed by atoms with Gasteiger partial charge in [0.2, 0.25) is 11.8 Å². The normalized spacial score (nSPS) is 16.2. The fraction of sp³-hybridized carbons (Fsp3) is 0.391. The van der Waals surface area contributed by atoms with E-state index in [1.807, 2.05) is 68.4 Å². The molecule has 0 saturated carbocycles. The highest BCUT2D eigenvalue weighted by Gasteiger charge is 2.26. The van der Waals surface area contributed by atoms with E-state index in [4.69, 9.17) is 0 Å². The van der Waals surface area contributed by atoms with Gasteiger partial charge in [0, 0.05) is 38.4 Å². The van der Waals surface area contributed by atoms with Crippen LogP contribution in [0, 0.1) is 6.92 Å². The van der Waals surface area contributed by atoms with Gasteiger partial charge >= 0.3 is 0 Å². The highest BCUT2D eigenvalue weighted by atomic mass is 16.2. The minimum Gasteiger partial charge on any atom is -0.351 e. The van der Waals surface area contributed by atoms with Crippen LogP contribution in [0.15, 0.2) is 54.6 Å². The Morgan fingerprint density at radius 2 is 1.62 bits per heavy atom. The first-order valence-corrected chi connectivity index (χ1v) is 10.2. The van der Waals surface area contributed by atoms with Gasteiger partial charge in [-0.25, -0.2) is 0 Å². The lowest BCUT2D eigenvalue weighted by Crippen LogP contribution is -2.54. The van der Waals surface area contributed by atoms with Crippen molar-refractivity contribution in [2.45, 2.75) is 26.4 Å². The molecule has 0 spiro atoms. The number of hydrogen-bond donors (Lipinski definition) is 2. The molecule has 6 nitrogen and oxygen atoms in total. The van der Waals surface area contributed by atoms with E-state index in [-0.39, 0.29) is 17.9 Å². The van der Waals surface area contributed by atoms with Gasteiger partial charge in [0.25, 0.3) is 0 Å². The van der Waals surface area contributed by atoms with Crippen molar-refractivity contribution in [3.05, 3.63) is 65.7 Å². The van der Waals surface area contributed by atoms with Crippen LogP contribution >= 0.6 is 0 Å². The highest BCUT2D eigenvalue weighted by molar-refractivity contribution is 5.95. The number of amides is 2. The monoisotopic (exact) mass is 394 g/mol. The van der Waals surface area contributed by atoms with Crippen LogP contribution in [0.3, 0.4) is 0 Å². The predicted molar refractivity (Wildman–Crippen MR) is 116 cm³/mol. The van der Waals surface area contributed by atoms with Crippen molar-refractivity contribution in [2.75, 3.05) is 38.0 Å². The molecule has 1 atom stereocenters. The van der Waals surface area contributed by atoms with Crippen LogP contribution in [0.5, 0.6) is 0 Å². The number of anilines is 1. The zero-order valence-corrected chi connectivity index (χ0v) is 17.2. The first-order valence-electron chi connectivity index (χ1n) is 10.2. The van der Waals surface area contributed by atoms with E-state index >= 15 is 0 Å². The summed E-state index contributed by atoms with van der Waals surface area (Å²) in [4.78, 5) is 29.1. The van der Waals surface area contributed by atoms with Crippen molar-refractivity contribution in [2.24, 2.45) is 0 Å². The van der Waals surface area contributed by atoms with Crippen molar-refractivity contribution in [3.8, 4) is 0 Å². The molecule has 2 N–H and O–H groups in total. The molecule has 29 heavy (non-hydrogen) atoms. The van der Waals surface area contributed by atoms with E-state index in [0.29, 0.717) is 13.1 Å². The number of carbonyl (C=O) groups is 2. The van der Waals surface area contributed by atoms with E-state index in [2.05, 4.69) is 20.4 Å². The standard InChI is InChI=1S/C23H30N4O2/c1-18-8-6-7-11-21(18)25-23(29)19(2)27-14-12-26(13-15-27)17-22(28)24-16-20-9-4-3-5-10-20/h3-11,19H,12-17H2,1-2H3,(H,24,28)(H,25,29). The Morgan fingerprint density at radius 3 is 2.31 bits per heavy atom. The second-order valence-corrected chi connectivity index (χ2v) is 7.55. The fourth-order valence-corrected chi connectivity index (χ4v) is 3.48. The molecule has 0 aliphatic carbocycles. The van der Waals surface area contributed by atoms with Crippen LogP contribution in [0.1, 0.15) is 18.1 Å². The Kier molecular flexibility index (Phi) is 7.38. The average Bonchev–Trinajstić information content (AvgIpc) is 2.74. The summed E-state index contributed by atoms with van der Waals surface area (Å²) in [6, 6.07) is 17.5. The number of rotatable bonds is 7. The van der Waals surface area contributed by atoms with Crippen molar-refractivity contribution >= 4 is 17.5 Å². The summed E-state index contributed by atoms with van der Waals surface area (Å²) in [6.07, 6.45) is 0. The lowest BCUT2D eigenvalue weighted by Gasteiger charge is -2.37. The van der Waals surface area contributed by atoms with Gasteiger partial charge in [0.05, 0.1) is 12.6 Å². The number of para-hydroxylation sites is 1. The predicted octanol–water partition coefficient (Wildman–Crippen LogP) is 2.26. The molecule has 2 aromatic rings. The van der Waals surface area contributed by atoms with Gasteiger partial charge in [-0.05, 0) is 31.0 Å². The lowest BCUT2D eigenvalue weighted by molar-refractivity contribution is -0.124. The van der Waals surface area contributed by atoms with E-state index < -0.39 is 0 Å². The summed E-state index contributed by atoms with van der Waals surface area (Å²) in [7, 11) is 0. The zero-order valence-electron chi connectivity index (χ0n) is 17.2. The second-order valence-electron chi connectivity index (χ2n) is 7.55. The fourth-order valence-electron chi connectivity index (χ4n) is 3.48. The summed E-state index contributed by atoms with van der Waals surface area (Å²) in [6.45, 7) is 7.97. The molecule has 1 heterocycles. The van der Waals surface area contributed by atoms with Gasteiger partial charge < -0.3 is 10.6 Å². The number of carbonyl (C=O) groups excluding carboxylic acids is 2. The Hall–Kier alpha value is -2.70. The zero-order chi connectivity index (χ0) is 20.6. The second kappa shape index (κ2) is 10.2. The van der Waals surface area contributed by atoms with Crippen molar-refractivity contribution in [1.82, 2.24) is 15.1 Å². The summed E-state index contributed by atoms with van der Waals surface area (Å²) in [5.41, 5.74) is 3.01. The maximum Gasteiger partial charge on any atom is 0.241 e. The Labute approximate surface area is 172 Å². The number of benzene rings is 2. The van der Waals surface area contributed by atoms with E-state index in [1.165, 1.54) is 0 Å². The van der Waals surface area contributed by atoms with Gasteiger partial charge in [0.15, 0.2) is 0 Å². The largest absolute Gasteiger partial charge is 0.351 e. The van der Waals surface area contributed by atoms with Crippen molar-refractivity contribution in [3.63, 3.8) is 0 Å². The van der Waals surface area contributed by atoms with Gasteiger partial charge in [-0.1, -0.05) is 48.5 Å². The molecule has 1 aliphatic heterocycles. The van der Waals surface area contributed by atoms with E-state index in [1.54, 1.807) is 0 Å². The molecule has 1 aliphatic rings. The molecule has 0 bridgehead atoms. The quantitative estimate of drug-likeness (QED) is 0.756. The molecule has 0 aromatic heterocycles. The number of piperazine rings is 1. The van der Waals surface area contributed by atoms with Gasteiger partial charge in [-0.15, -0.1) is 0 Å². The third kappa shape index (κ3) is 6.14. The number of nitrogens with one attached hydrogen (secondary N) is 2. The smallest absolute Gasteiger partial charge is 0.241 e. The van der Waals surface area contributed by atoms with Crippen LogP contribution in [0.4, 0.5) is 5.69 Å². The molecule has 1 fully saturated rings. The SMILES string of the molecule is Cc1ccccc1NC(=O)C(C)N1CCN(CC(=O)NCc2ccccc2)CC1. The summed E-state index contributed by atoms with van der Waals surface area (Å²) in [5, 5.41) is 6.00. The molecule has 1 unspecified atom stereocenters. The molecule has 154 valence electrons. The van der Waals surface area contributed by atoms with Crippen molar-refractivity contribution < 1.29 is 9.59 Å². The average molecular weight is 395 g/mol. The Bertz CT molecular complexity index is 817. The molecule has 6 heteroatoms. The summed E-state index contributed by atoms with van der Waals surface area (Å²) >= 11 is 0. The van der Waals surface area contributed by atoms with Crippen LogP contribution < -0.4 is 10.6 Å². The molecule has 0 radical (unpaired) electrons. The van der Waals surface area contributed by atoms with E-state index in [9.17, 15) is 9.59 Å². The molecule has 2 aromatic carbocycles. The van der Waals surface area contributed by atoms with Gasteiger partial charge in [-0.2, -0.15) is 0 Å². The van der Waals surface area contributed by atoms with E-state index in [0.717, 1.165) is 43.0 Å². The minimum atomic E-state index is -0.205. The Balaban J connectivity index is 1.40. The number of aryl methyl sites for hydroxylation is 1. The third-order valence-corrected chi connectivity index (χ3v) is 5.44. The highest BCUT2D eigenvalue weighted by Crippen LogP contribution is 2.15. The molecule has 3 rings (SSSR count). The molecular weight excluding hydrogens is 364 g/mol. The molecule has 1 saturated heterocycles. The summed E-state index contributed by atoms with van der Waals surface area (Å²) < 4.78 is 0. The number of hydrogen-bond acceptors (Lipinski definition) is 4. The minimum absolute atomic E-state index is 0.00774. The first kappa shape index (κ1) is 21.0. The van der Waals surface area contributed by atoms with Crippen LogP contribution in [0.25, 0.3) is 0 Å². The topological polar surface area (TPSA) is 64.7 Å².